The standard InChI is InChI=1S/C12H19N3O/c1-4-5-10(2)14-12(16)7-6-11-8-9-13-15(11)3/h6-10H,4-5H2,1-3H3,(H,14,16). The van der Waals surface area contributed by atoms with Crippen molar-refractivity contribution >= 4 is 12.0 Å². The predicted octanol–water partition coefficient (Wildman–Crippen LogP) is 1.74. The summed E-state index contributed by atoms with van der Waals surface area (Å²) in [4.78, 5) is 11.5. The second kappa shape index (κ2) is 6.10. The molecule has 0 aromatic carbocycles. The molecule has 0 spiro atoms. The van der Waals surface area contributed by atoms with Gasteiger partial charge in [-0.3, -0.25) is 9.48 Å². The molecule has 0 fully saturated rings. The lowest BCUT2D eigenvalue weighted by Gasteiger charge is -2.10. The Hall–Kier alpha value is -1.58. The molecule has 88 valence electrons. The number of amides is 1. The maximum atomic E-state index is 11.5. The first-order valence-corrected chi connectivity index (χ1v) is 5.60. The molecule has 0 aliphatic carbocycles. The number of hydrogen-bond donors (Lipinski definition) is 1. The number of hydrogen-bond acceptors (Lipinski definition) is 2. The Morgan fingerprint density at radius 2 is 2.44 bits per heavy atom. The molecule has 1 unspecified atom stereocenters. The van der Waals surface area contributed by atoms with Gasteiger partial charge < -0.3 is 5.32 Å². The van der Waals surface area contributed by atoms with E-state index in [2.05, 4.69) is 17.3 Å². The first kappa shape index (κ1) is 12.5. The fraction of sp³-hybridized carbons (Fsp3) is 0.500. The summed E-state index contributed by atoms with van der Waals surface area (Å²) in [5, 5.41) is 6.93. The third-order valence-corrected chi connectivity index (χ3v) is 2.37. The van der Waals surface area contributed by atoms with Gasteiger partial charge >= 0.3 is 0 Å². The minimum atomic E-state index is -0.0536. The normalized spacial score (nSPS) is 12.9. The Morgan fingerprint density at radius 3 is 3.00 bits per heavy atom. The number of rotatable bonds is 5. The molecule has 0 saturated carbocycles. The van der Waals surface area contributed by atoms with E-state index in [1.165, 1.54) is 0 Å². The van der Waals surface area contributed by atoms with Crippen molar-refractivity contribution in [2.24, 2.45) is 7.05 Å². The molecular weight excluding hydrogens is 202 g/mol. The Kier molecular flexibility index (Phi) is 4.76. The number of nitrogens with zero attached hydrogens (tertiary/aromatic N) is 2. The van der Waals surface area contributed by atoms with Crippen molar-refractivity contribution in [1.29, 1.82) is 0 Å². The zero-order valence-corrected chi connectivity index (χ0v) is 10.1. The predicted molar refractivity (Wildman–Crippen MR) is 64.8 cm³/mol. The van der Waals surface area contributed by atoms with Crippen molar-refractivity contribution in [3.05, 3.63) is 24.0 Å². The van der Waals surface area contributed by atoms with E-state index in [9.17, 15) is 4.79 Å². The highest BCUT2D eigenvalue weighted by atomic mass is 16.1. The Labute approximate surface area is 96.3 Å². The third-order valence-electron chi connectivity index (χ3n) is 2.37. The van der Waals surface area contributed by atoms with Gasteiger partial charge in [0.2, 0.25) is 5.91 Å². The van der Waals surface area contributed by atoms with Crippen LogP contribution in [0.1, 0.15) is 32.4 Å². The molecule has 0 aliphatic heterocycles. The van der Waals surface area contributed by atoms with Crippen LogP contribution < -0.4 is 5.32 Å². The monoisotopic (exact) mass is 221 g/mol. The highest BCUT2D eigenvalue weighted by molar-refractivity contribution is 5.91. The van der Waals surface area contributed by atoms with Crippen molar-refractivity contribution in [3.63, 3.8) is 0 Å². The van der Waals surface area contributed by atoms with Crippen molar-refractivity contribution in [2.45, 2.75) is 32.7 Å². The molecule has 4 nitrogen and oxygen atoms in total. The molecule has 0 saturated heterocycles. The van der Waals surface area contributed by atoms with Crippen LogP contribution in [0.5, 0.6) is 0 Å². The van der Waals surface area contributed by atoms with Crippen molar-refractivity contribution in [1.82, 2.24) is 15.1 Å². The average molecular weight is 221 g/mol. The lowest BCUT2D eigenvalue weighted by Crippen LogP contribution is -2.30. The van der Waals surface area contributed by atoms with Crippen molar-refractivity contribution in [3.8, 4) is 0 Å². The third kappa shape index (κ3) is 3.88. The van der Waals surface area contributed by atoms with Crippen LogP contribution in [0, 0.1) is 0 Å². The van der Waals surface area contributed by atoms with Gasteiger partial charge in [-0.05, 0) is 25.5 Å². The summed E-state index contributed by atoms with van der Waals surface area (Å²) in [6.07, 6.45) is 7.10. The SMILES string of the molecule is CCCC(C)NC(=O)C=Cc1ccnn1C. The number of carbonyl (C=O) groups excluding carboxylic acids is 1. The largest absolute Gasteiger partial charge is 0.350 e. The van der Waals surface area contributed by atoms with Crippen molar-refractivity contribution < 1.29 is 4.79 Å². The molecule has 0 aliphatic rings. The van der Waals surface area contributed by atoms with Crippen LogP contribution in [0.3, 0.4) is 0 Å². The number of aromatic nitrogens is 2. The number of aryl methyl sites for hydroxylation is 1. The van der Waals surface area contributed by atoms with Gasteiger partial charge in [-0.25, -0.2) is 0 Å². The fourth-order valence-corrected chi connectivity index (χ4v) is 1.50. The quantitative estimate of drug-likeness (QED) is 0.770. The van der Waals surface area contributed by atoms with Gasteiger partial charge in [0.15, 0.2) is 0 Å². The zero-order chi connectivity index (χ0) is 12.0. The lowest BCUT2D eigenvalue weighted by molar-refractivity contribution is -0.117. The van der Waals surface area contributed by atoms with E-state index >= 15 is 0 Å². The Balaban J connectivity index is 2.45. The number of carbonyl (C=O) groups is 1. The molecule has 0 radical (unpaired) electrons. The molecule has 1 atom stereocenters. The van der Waals surface area contributed by atoms with Gasteiger partial charge in [0.1, 0.15) is 0 Å². The lowest BCUT2D eigenvalue weighted by atomic mass is 10.2. The van der Waals surface area contributed by atoms with Crippen LogP contribution in [0.2, 0.25) is 0 Å². The van der Waals surface area contributed by atoms with E-state index in [4.69, 9.17) is 0 Å². The van der Waals surface area contributed by atoms with Gasteiger partial charge in [0.25, 0.3) is 0 Å². The van der Waals surface area contributed by atoms with Gasteiger partial charge in [-0.2, -0.15) is 5.10 Å². The van der Waals surface area contributed by atoms with E-state index in [1.807, 2.05) is 20.0 Å². The van der Waals surface area contributed by atoms with Gasteiger partial charge in [0.05, 0.1) is 5.69 Å². The van der Waals surface area contributed by atoms with Gasteiger partial charge in [-0.15, -0.1) is 0 Å². The summed E-state index contributed by atoms with van der Waals surface area (Å²) < 4.78 is 1.72. The van der Waals surface area contributed by atoms with E-state index in [1.54, 1.807) is 23.0 Å². The molecule has 1 heterocycles. The second-order valence-corrected chi connectivity index (χ2v) is 3.91. The van der Waals surface area contributed by atoms with Crippen LogP contribution in [0.25, 0.3) is 6.08 Å². The van der Waals surface area contributed by atoms with Gasteiger partial charge in [-0.1, -0.05) is 13.3 Å². The number of nitrogens with one attached hydrogen (secondary N) is 1. The summed E-state index contributed by atoms with van der Waals surface area (Å²) in [5.41, 5.74) is 0.915. The summed E-state index contributed by atoms with van der Waals surface area (Å²) in [5.74, 6) is -0.0536. The molecule has 1 rings (SSSR count). The summed E-state index contributed by atoms with van der Waals surface area (Å²) in [7, 11) is 1.84. The van der Waals surface area contributed by atoms with E-state index in [0.717, 1.165) is 18.5 Å². The molecule has 1 aromatic rings. The molecule has 1 amide bonds. The first-order chi connectivity index (χ1) is 7.63. The van der Waals surface area contributed by atoms with E-state index in [-0.39, 0.29) is 11.9 Å². The molecular formula is C12H19N3O. The highest BCUT2D eigenvalue weighted by Gasteiger charge is 2.02. The van der Waals surface area contributed by atoms with Crippen molar-refractivity contribution in [2.75, 3.05) is 0 Å². The van der Waals surface area contributed by atoms with Crippen LogP contribution in [0.4, 0.5) is 0 Å². The average Bonchev–Trinajstić information content (AvgIpc) is 2.61. The highest BCUT2D eigenvalue weighted by Crippen LogP contribution is 1.99. The molecule has 4 heteroatoms. The summed E-state index contributed by atoms with van der Waals surface area (Å²) in [6.45, 7) is 4.12. The van der Waals surface area contributed by atoms with Crippen LogP contribution >= 0.6 is 0 Å². The van der Waals surface area contributed by atoms with Crippen LogP contribution in [-0.2, 0) is 11.8 Å². The summed E-state index contributed by atoms with van der Waals surface area (Å²) in [6, 6.07) is 2.09. The van der Waals surface area contributed by atoms with Crippen LogP contribution in [0.15, 0.2) is 18.3 Å². The zero-order valence-electron chi connectivity index (χ0n) is 10.1. The van der Waals surface area contributed by atoms with E-state index < -0.39 is 0 Å². The maximum Gasteiger partial charge on any atom is 0.244 e. The Morgan fingerprint density at radius 1 is 1.69 bits per heavy atom. The smallest absolute Gasteiger partial charge is 0.244 e. The van der Waals surface area contributed by atoms with Crippen LogP contribution in [-0.4, -0.2) is 21.7 Å². The fourth-order valence-electron chi connectivity index (χ4n) is 1.50. The minimum Gasteiger partial charge on any atom is -0.350 e. The molecule has 16 heavy (non-hydrogen) atoms. The molecule has 1 aromatic heterocycles. The Bertz CT molecular complexity index is 368. The summed E-state index contributed by atoms with van der Waals surface area (Å²) >= 11 is 0. The minimum absolute atomic E-state index is 0.0536. The first-order valence-electron chi connectivity index (χ1n) is 5.60. The molecule has 0 bridgehead atoms. The van der Waals surface area contributed by atoms with E-state index in [0.29, 0.717) is 0 Å². The second-order valence-electron chi connectivity index (χ2n) is 3.91. The van der Waals surface area contributed by atoms with Gasteiger partial charge in [0, 0.05) is 25.4 Å². The topological polar surface area (TPSA) is 46.9 Å². The maximum absolute atomic E-state index is 11.5. The molecule has 1 N–H and O–H groups in total.